The predicted octanol–water partition coefficient (Wildman–Crippen LogP) is -0.779. The lowest BCUT2D eigenvalue weighted by atomic mass is 10.2. The summed E-state index contributed by atoms with van der Waals surface area (Å²) in [5.41, 5.74) is 5.35. The standard InChI is InChI=1S/C8H16N2O2/c1-5(9)7(11)8(12)10-4-6-2-3-6/h5-7,11H,2-4,9H2,1H3,(H,10,12). The molecule has 0 bridgehead atoms. The van der Waals surface area contributed by atoms with Crippen LogP contribution in [-0.2, 0) is 4.79 Å². The van der Waals surface area contributed by atoms with Crippen molar-refractivity contribution in [1.82, 2.24) is 5.32 Å². The van der Waals surface area contributed by atoms with Crippen molar-refractivity contribution in [1.29, 1.82) is 0 Å². The lowest BCUT2D eigenvalue weighted by Gasteiger charge is -2.13. The van der Waals surface area contributed by atoms with E-state index in [0.717, 1.165) is 0 Å². The van der Waals surface area contributed by atoms with Gasteiger partial charge in [-0.25, -0.2) is 0 Å². The molecule has 1 aliphatic carbocycles. The fraction of sp³-hybridized carbons (Fsp3) is 0.875. The van der Waals surface area contributed by atoms with Crippen LogP contribution < -0.4 is 11.1 Å². The van der Waals surface area contributed by atoms with E-state index in [1.807, 2.05) is 0 Å². The zero-order valence-electron chi connectivity index (χ0n) is 7.29. The van der Waals surface area contributed by atoms with Gasteiger partial charge in [-0.05, 0) is 25.7 Å². The summed E-state index contributed by atoms with van der Waals surface area (Å²) in [6.45, 7) is 2.30. The summed E-state index contributed by atoms with van der Waals surface area (Å²) in [6, 6.07) is -0.496. The molecule has 0 aromatic rings. The minimum atomic E-state index is -1.07. The van der Waals surface area contributed by atoms with Crippen molar-refractivity contribution in [2.75, 3.05) is 6.54 Å². The van der Waals surface area contributed by atoms with Crippen molar-refractivity contribution in [3.05, 3.63) is 0 Å². The number of hydrogen-bond acceptors (Lipinski definition) is 3. The van der Waals surface area contributed by atoms with Gasteiger partial charge < -0.3 is 16.2 Å². The average Bonchev–Trinajstić information content (AvgIpc) is 2.81. The molecule has 0 radical (unpaired) electrons. The maximum absolute atomic E-state index is 11.1. The highest BCUT2D eigenvalue weighted by Crippen LogP contribution is 2.27. The molecule has 1 saturated carbocycles. The number of nitrogens with one attached hydrogen (secondary N) is 1. The van der Waals surface area contributed by atoms with Crippen LogP contribution in [0.5, 0.6) is 0 Å². The smallest absolute Gasteiger partial charge is 0.250 e. The van der Waals surface area contributed by atoms with Crippen molar-refractivity contribution in [2.24, 2.45) is 11.7 Å². The van der Waals surface area contributed by atoms with Crippen LogP contribution in [-0.4, -0.2) is 29.7 Å². The Hall–Kier alpha value is -0.610. The lowest BCUT2D eigenvalue weighted by Crippen LogP contribution is -2.45. The van der Waals surface area contributed by atoms with Crippen LogP contribution >= 0.6 is 0 Å². The molecule has 1 aliphatic rings. The minimum Gasteiger partial charge on any atom is -0.382 e. The molecule has 0 spiro atoms. The molecule has 1 fully saturated rings. The van der Waals surface area contributed by atoms with Crippen molar-refractivity contribution in [3.63, 3.8) is 0 Å². The van der Waals surface area contributed by atoms with Gasteiger partial charge in [0, 0.05) is 12.6 Å². The first-order valence-electron chi connectivity index (χ1n) is 4.32. The van der Waals surface area contributed by atoms with E-state index < -0.39 is 12.1 Å². The van der Waals surface area contributed by atoms with Crippen LogP contribution in [0.3, 0.4) is 0 Å². The lowest BCUT2D eigenvalue weighted by molar-refractivity contribution is -0.130. The maximum atomic E-state index is 11.1. The van der Waals surface area contributed by atoms with Crippen LogP contribution in [0.25, 0.3) is 0 Å². The number of amides is 1. The topological polar surface area (TPSA) is 75.3 Å². The van der Waals surface area contributed by atoms with Crippen molar-refractivity contribution in [2.45, 2.75) is 31.9 Å². The average molecular weight is 172 g/mol. The summed E-state index contributed by atoms with van der Waals surface area (Å²) in [5.74, 6) is 0.283. The molecule has 4 nitrogen and oxygen atoms in total. The largest absolute Gasteiger partial charge is 0.382 e. The zero-order valence-corrected chi connectivity index (χ0v) is 7.29. The first-order valence-corrected chi connectivity index (χ1v) is 4.32. The van der Waals surface area contributed by atoms with Crippen LogP contribution in [0, 0.1) is 5.92 Å². The Bertz CT molecular complexity index is 166. The molecule has 70 valence electrons. The van der Waals surface area contributed by atoms with E-state index in [1.165, 1.54) is 12.8 Å². The SMILES string of the molecule is CC(N)C(O)C(=O)NCC1CC1. The number of rotatable bonds is 4. The number of aliphatic hydroxyl groups excluding tert-OH is 1. The Labute approximate surface area is 72.1 Å². The van der Waals surface area contributed by atoms with E-state index in [1.54, 1.807) is 6.92 Å². The fourth-order valence-electron chi connectivity index (χ4n) is 0.910. The summed E-state index contributed by atoms with van der Waals surface area (Å²) < 4.78 is 0. The Morgan fingerprint density at radius 3 is 2.75 bits per heavy atom. The highest BCUT2D eigenvalue weighted by Gasteiger charge is 2.24. The fourth-order valence-corrected chi connectivity index (χ4v) is 0.910. The van der Waals surface area contributed by atoms with Crippen molar-refractivity contribution < 1.29 is 9.90 Å². The maximum Gasteiger partial charge on any atom is 0.250 e. The molecule has 4 heteroatoms. The molecular weight excluding hydrogens is 156 g/mol. The van der Waals surface area contributed by atoms with E-state index in [2.05, 4.69) is 5.32 Å². The molecule has 0 heterocycles. The summed E-state index contributed by atoms with van der Waals surface area (Å²) in [7, 11) is 0. The summed E-state index contributed by atoms with van der Waals surface area (Å²) >= 11 is 0. The molecule has 0 saturated heterocycles. The van der Waals surface area contributed by atoms with Gasteiger partial charge in [0.15, 0.2) is 0 Å². The van der Waals surface area contributed by atoms with E-state index in [-0.39, 0.29) is 5.91 Å². The van der Waals surface area contributed by atoms with Gasteiger partial charge in [-0.3, -0.25) is 4.79 Å². The van der Waals surface area contributed by atoms with Crippen LogP contribution in [0.4, 0.5) is 0 Å². The van der Waals surface area contributed by atoms with Crippen LogP contribution in [0.1, 0.15) is 19.8 Å². The minimum absolute atomic E-state index is 0.350. The van der Waals surface area contributed by atoms with Crippen LogP contribution in [0.15, 0.2) is 0 Å². The number of nitrogens with two attached hydrogens (primary N) is 1. The summed E-state index contributed by atoms with van der Waals surface area (Å²) in [5, 5.41) is 11.8. The molecule has 12 heavy (non-hydrogen) atoms. The molecule has 4 N–H and O–H groups in total. The normalized spacial score (nSPS) is 21.6. The number of aliphatic hydroxyl groups is 1. The van der Waals surface area contributed by atoms with Gasteiger partial charge in [-0.15, -0.1) is 0 Å². The van der Waals surface area contributed by atoms with Gasteiger partial charge in [-0.2, -0.15) is 0 Å². The number of hydrogen-bond donors (Lipinski definition) is 3. The van der Waals surface area contributed by atoms with Gasteiger partial charge in [0.25, 0.3) is 0 Å². The van der Waals surface area contributed by atoms with Crippen LogP contribution in [0.2, 0.25) is 0 Å². The predicted molar refractivity (Wildman–Crippen MR) is 45.4 cm³/mol. The van der Waals surface area contributed by atoms with E-state index in [4.69, 9.17) is 5.73 Å². The quantitative estimate of drug-likeness (QED) is 0.520. The Kier molecular flexibility index (Phi) is 3.05. The monoisotopic (exact) mass is 172 g/mol. The summed E-state index contributed by atoms with van der Waals surface area (Å²) in [6.07, 6.45) is 1.31. The number of carbonyl (C=O) groups excluding carboxylic acids is 1. The molecule has 0 aromatic carbocycles. The molecule has 2 unspecified atom stereocenters. The molecule has 1 rings (SSSR count). The second-order valence-corrected chi connectivity index (χ2v) is 3.49. The highest BCUT2D eigenvalue weighted by atomic mass is 16.3. The summed E-state index contributed by atoms with van der Waals surface area (Å²) in [4.78, 5) is 11.1. The van der Waals surface area contributed by atoms with E-state index in [0.29, 0.717) is 12.5 Å². The highest BCUT2D eigenvalue weighted by molar-refractivity contribution is 5.81. The van der Waals surface area contributed by atoms with Crippen molar-refractivity contribution in [3.8, 4) is 0 Å². The molecule has 2 atom stereocenters. The first kappa shape index (κ1) is 9.48. The Balaban J connectivity index is 2.16. The Morgan fingerprint density at radius 1 is 1.75 bits per heavy atom. The number of carbonyl (C=O) groups is 1. The second kappa shape index (κ2) is 3.87. The molecule has 0 aromatic heterocycles. The third-order valence-corrected chi connectivity index (χ3v) is 2.03. The van der Waals surface area contributed by atoms with Gasteiger partial charge in [0.05, 0.1) is 0 Å². The Morgan fingerprint density at radius 2 is 2.33 bits per heavy atom. The van der Waals surface area contributed by atoms with Gasteiger partial charge in [-0.1, -0.05) is 0 Å². The van der Waals surface area contributed by atoms with Crippen molar-refractivity contribution >= 4 is 5.91 Å². The van der Waals surface area contributed by atoms with E-state index >= 15 is 0 Å². The second-order valence-electron chi connectivity index (χ2n) is 3.49. The molecule has 1 amide bonds. The molecule has 0 aliphatic heterocycles. The third-order valence-electron chi connectivity index (χ3n) is 2.03. The van der Waals surface area contributed by atoms with Gasteiger partial charge in [0.1, 0.15) is 6.10 Å². The first-order chi connectivity index (χ1) is 5.61. The zero-order chi connectivity index (χ0) is 9.14. The van der Waals surface area contributed by atoms with Gasteiger partial charge in [0.2, 0.25) is 5.91 Å². The van der Waals surface area contributed by atoms with Gasteiger partial charge >= 0.3 is 0 Å². The molecular formula is C8H16N2O2. The third kappa shape index (κ3) is 2.79. The van der Waals surface area contributed by atoms with E-state index in [9.17, 15) is 9.90 Å².